The smallest absolute Gasteiger partial charge is 0.144 e. The van der Waals surface area contributed by atoms with Crippen molar-refractivity contribution in [1.82, 2.24) is 9.55 Å². The predicted molar refractivity (Wildman–Crippen MR) is 77.5 cm³/mol. The molecule has 4 heteroatoms. The van der Waals surface area contributed by atoms with Gasteiger partial charge in [-0.1, -0.05) is 29.8 Å². The Kier molecular flexibility index (Phi) is 2.91. The Morgan fingerprint density at radius 1 is 1.16 bits per heavy atom. The number of hydrogen-bond donors (Lipinski definition) is 1. The number of aromatic nitrogens is 2. The van der Waals surface area contributed by atoms with Crippen LogP contribution in [0, 0.1) is 0 Å². The van der Waals surface area contributed by atoms with Crippen LogP contribution in [-0.2, 0) is 6.54 Å². The van der Waals surface area contributed by atoms with E-state index in [-0.39, 0.29) is 5.75 Å². The van der Waals surface area contributed by atoms with Crippen molar-refractivity contribution < 1.29 is 5.11 Å². The van der Waals surface area contributed by atoms with Crippen LogP contribution >= 0.6 is 11.6 Å². The lowest BCUT2D eigenvalue weighted by Crippen LogP contribution is -1.98. The second kappa shape index (κ2) is 4.59. The van der Waals surface area contributed by atoms with E-state index >= 15 is 0 Å². The van der Waals surface area contributed by atoms with E-state index in [2.05, 4.69) is 4.98 Å². The molecule has 0 amide bonds. The maximum absolute atomic E-state index is 9.99. The van der Waals surface area contributed by atoms with Gasteiger partial charge in [-0.15, -0.1) is 0 Å². The average molecular weight is 273 g/mol. The average Bonchev–Trinajstić information content (AvgIpc) is 2.79. The zero-order chi connectivity index (χ0) is 13.4. The number of benzene rings is 2. The lowest BCUT2D eigenvalue weighted by Gasteiger charge is -2.08. The van der Waals surface area contributed by atoms with Gasteiger partial charge in [0.2, 0.25) is 0 Å². The minimum absolute atomic E-state index is 0.226. The van der Waals surface area contributed by atoms with Gasteiger partial charge < -0.3 is 9.67 Å². The van der Waals surface area contributed by atoms with E-state index in [1.54, 1.807) is 12.1 Å². The summed E-state index contributed by atoms with van der Waals surface area (Å²) < 4.78 is 2.02. The maximum atomic E-state index is 9.99. The molecule has 1 aromatic heterocycles. The predicted octanol–water partition coefficient (Wildman–Crippen LogP) is 4.08. The third-order valence-corrected chi connectivity index (χ3v) is 3.48. The highest BCUT2D eigenvalue weighted by Gasteiger charge is 2.15. The fourth-order valence-electron chi connectivity index (χ4n) is 2.32. The molecule has 1 N–H and O–H groups in total. The van der Waals surface area contributed by atoms with Crippen LogP contribution in [0.15, 0.2) is 42.5 Å². The highest BCUT2D eigenvalue weighted by molar-refractivity contribution is 6.35. The summed E-state index contributed by atoms with van der Waals surface area (Å²) >= 11 is 6.26. The molecule has 3 nitrogen and oxygen atoms in total. The number of halogens is 1. The molecule has 0 fully saturated rings. The maximum Gasteiger partial charge on any atom is 0.144 e. The Morgan fingerprint density at radius 3 is 2.68 bits per heavy atom. The molecular formula is C15H13ClN2O. The van der Waals surface area contributed by atoms with Gasteiger partial charge in [0, 0.05) is 6.54 Å². The van der Waals surface area contributed by atoms with E-state index in [4.69, 9.17) is 11.6 Å². The first-order valence-electron chi connectivity index (χ1n) is 6.15. The van der Waals surface area contributed by atoms with Crippen LogP contribution in [0.25, 0.3) is 22.4 Å². The number of imidazole rings is 1. The first-order valence-corrected chi connectivity index (χ1v) is 6.53. The Hall–Kier alpha value is -2.00. The summed E-state index contributed by atoms with van der Waals surface area (Å²) in [5.74, 6) is 0.965. The van der Waals surface area contributed by atoms with Gasteiger partial charge in [0.25, 0.3) is 0 Å². The minimum atomic E-state index is 0.226. The highest BCUT2D eigenvalue weighted by atomic mass is 35.5. The number of para-hydroxylation sites is 2. The number of phenolic OH excluding ortho intramolecular Hbond substituents is 1. The molecular weight excluding hydrogens is 260 g/mol. The minimum Gasteiger partial charge on any atom is -0.507 e. The molecule has 0 unspecified atom stereocenters. The normalized spacial score (nSPS) is 11.1. The molecule has 19 heavy (non-hydrogen) atoms. The first-order chi connectivity index (χ1) is 9.22. The molecule has 0 aliphatic carbocycles. The zero-order valence-electron chi connectivity index (χ0n) is 10.5. The number of hydrogen-bond acceptors (Lipinski definition) is 2. The summed E-state index contributed by atoms with van der Waals surface area (Å²) in [4.78, 5) is 4.59. The van der Waals surface area contributed by atoms with E-state index < -0.39 is 0 Å². The van der Waals surface area contributed by atoms with Gasteiger partial charge in [-0.05, 0) is 31.2 Å². The highest BCUT2D eigenvalue weighted by Crippen LogP contribution is 2.33. The van der Waals surface area contributed by atoms with Gasteiger partial charge in [0.1, 0.15) is 11.6 Å². The standard InChI is InChI=1S/C15H13ClN2O/c1-2-18-14-11(16)7-5-8-12(14)17-15(18)10-6-3-4-9-13(10)19/h3-9,19H,2H2,1H3. The molecule has 1 heterocycles. The number of fused-ring (bicyclic) bond motifs is 1. The van der Waals surface area contributed by atoms with E-state index in [1.165, 1.54) is 0 Å². The van der Waals surface area contributed by atoms with E-state index in [9.17, 15) is 5.11 Å². The number of nitrogens with zero attached hydrogens (tertiary/aromatic N) is 2. The van der Waals surface area contributed by atoms with Crippen molar-refractivity contribution in [3.05, 3.63) is 47.5 Å². The van der Waals surface area contributed by atoms with Crippen molar-refractivity contribution in [2.45, 2.75) is 13.5 Å². The van der Waals surface area contributed by atoms with Gasteiger partial charge in [-0.2, -0.15) is 0 Å². The molecule has 3 rings (SSSR count). The fourth-order valence-corrected chi connectivity index (χ4v) is 2.59. The van der Waals surface area contributed by atoms with Crippen molar-refractivity contribution in [2.75, 3.05) is 0 Å². The van der Waals surface area contributed by atoms with Gasteiger partial charge in [0.15, 0.2) is 0 Å². The number of aryl methyl sites for hydroxylation is 1. The van der Waals surface area contributed by atoms with Crippen LogP contribution in [0.5, 0.6) is 5.75 Å². The van der Waals surface area contributed by atoms with E-state index in [0.29, 0.717) is 5.02 Å². The van der Waals surface area contributed by atoms with Crippen LogP contribution in [0.4, 0.5) is 0 Å². The molecule has 0 aliphatic rings. The number of phenols is 1. The molecule has 0 spiro atoms. The second-order valence-electron chi connectivity index (χ2n) is 4.30. The van der Waals surface area contributed by atoms with Crippen molar-refractivity contribution >= 4 is 22.6 Å². The third kappa shape index (κ3) is 1.87. The van der Waals surface area contributed by atoms with Crippen molar-refractivity contribution in [3.63, 3.8) is 0 Å². The molecule has 0 atom stereocenters. The Balaban J connectivity index is 2.36. The van der Waals surface area contributed by atoms with E-state index in [0.717, 1.165) is 29.0 Å². The first kappa shape index (κ1) is 12.1. The Morgan fingerprint density at radius 2 is 1.95 bits per heavy atom. The molecule has 0 bridgehead atoms. The Bertz CT molecular complexity index is 749. The van der Waals surface area contributed by atoms with Crippen LogP contribution in [0.1, 0.15) is 6.92 Å². The summed E-state index contributed by atoms with van der Waals surface area (Å²) in [7, 11) is 0. The number of rotatable bonds is 2. The summed E-state index contributed by atoms with van der Waals surface area (Å²) in [6.07, 6.45) is 0. The Labute approximate surface area is 116 Å². The largest absolute Gasteiger partial charge is 0.507 e. The lowest BCUT2D eigenvalue weighted by molar-refractivity contribution is 0.476. The molecule has 96 valence electrons. The second-order valence-corrected chi connectivity index (χ2v) is 4.71. The van der Waals surface area contributed by atoms with Gasteiger partial charge in [-0.3, -0.25) is 0 Å². The van der Waals surface area contributed by atoms with Crippen LogP contribution in [-0.4, -0.2) is 14.7 Å². The molecule has 3 aromatic rings. The van der Waals surface area contributed by atoms with Gasteiger partial charge in [-0.25, -0.2) is 4.98 Å². The van der Waals surface area contributed by atoms with Gasteiger partial charge >= 0.3 is 0 Å². The molecule has 0 radical (unpaired) electrons. The molecule has 0 aliphatic heterocycles. The third-order valence-electron chi connectivity index (χ3n) is 3.18. The fraction of sp³-hybridized carbons (Fsp3) is 0.133. The van der Waals surface area contributed by atoms with Crippen LogP contribution in [0.2, 0.25) is 5.02 Å². The van der Waals surface area contributed by atoms with Crippen LogP contribution < -0.4 is 0 Å². The van der Waals surface area contributed by atoms with Crippen molar-refractivity contribution in [2.24, 2.45) is 0 Å². The van der Waals surface area contributed by atoms with Gasteiger partial charge in [0.05, 0.1) is 21.6 Å². The molecule has 0 saturated heterocycles. The van der Waals surface area contributed by atoms with Crippen molar-refractivity contribution in [1.29, 1.82) is 0 Å². The quantitative estimate of drug-likeness (QED) is 0.763. The summed E-state index contributed by atoms with van der Waals surface area (Å²) in [5.41, 5.74) is 2.47. The lowest BCUT2D eigenvalue weighted by atomic mass is 10.2. The van der Waals surface area contributed by atoms with Crippen LogP contribution in [0.3, 0.4) is 0 Å². The summed E-state index contributed by atoms with van der Waals surface area (Å²) in [6, 6.07) is 12.9. The number of aromatic hydroxyl groups is 1. The van der Waals surface area contributed by atoms with Crippen molar-refractivity contribution in [3.8, 4) is 17.1 Å². The summed E-state index contributed by atoms with van der Waals surface area (Å²) in [6.45, 7) is 2.78. The topological polar surface area (TPSA) is 38.0 Å². The molecule has 2 aromatic carbocycles. The monoisotopic (exact) mass is 272 g/mol. The van der Waals surface area contributed by atoms with E-state index in [1.807, 2.05) is 41.8 Å². The zero-order valence-corrected chi connectivity index (χ0v) is 11.2. The summed E-state index contributed by atoms with van der Waals surface area (Å²) in [5, 5.41) is 10.7. The molecule has 0 saturated carbocycles. The SMILES string of the molecule is CCn1c(-c2ccccc2O)nc2cccc(Cl)c21.